The molecule has 0 radical (unpaired) electrons. The summed E-state index contributed by atoms with van der Waals surface area (Å²) in [7, 11) is 1.76. The SMILES string of the molecule is CN/C=C1\C(=N)C=CC(S)=C1Cl. The van der Waals surface area contributed by atoms with E-state index in [2.05, 4.69) is 17.9 Å². The van der Waals surface area contributed by atoms with Gasteiger partial charge in [0.05, 0.1) is 10.7 Å². The molecule has 0 spiro atoms. The van der Waals surface area contributed by atoms with E-state index >= 15 is 0 Å². The van der Waals surface area contributed by atoms with Gasteiger partial charge in [0.15, 0.2) is 0 Å². The molecule has 0 aromatic rings. The summed E-state index contributed by atoms with van der Waals surface area (Å²) in [5, 5.41) is 10.9. The number of allylic oxidation sites excluding steroid dienone is 4. The zero-order valence-corrected chi connectivity index (χ0v) is 8.21. The first kappa shape index (κ1) is 9.42. The Bertz CT molecular complexity index is 302. The molecule has 0 aromatic carbocycles. The highest BCUT2D eigenvalue weighted by Gasteiger charge is 2.13. The highest BCUT2D eigenvalue weighted by Crippen LogP contribution is 2.27. The second-order valence-electron chi connectivity index (χ2n) is 2.29. The summed E-state index contributed by atoms with van der Waals surface area (Å²) in [6.45, 7) is 0. The van der Waals surface area contributed by atoms with Gasteiger partial charge >= 0.3 is 0 Å². The molecule has 0 saturated carbocycles. The second-order valence-corrected chi connectivity index (χ2v) is 3.15. The van der Waals surface area contributed by atoms with E-state index in [1.807, 2.05) is 0 Å². The van der Waals surface area contributed by atoms with Crippen LogP contribution in [0.25, 0.3) is 0 Å². The van der Waals surface area contributed by atoms with Crippen molar-refractivity contribution in [3.05, 3.63) is 33.9 Å². The maximum absolute atomic E-state index is 7.52. The third-order valence-corrected chi connectivity index (χ3v) is 2.36. The Morgan fingerprint density at radius 1 is 1.58 bits per heavy atom. The molecule has 12 heavy (non-hydrogen) atoms. The van der Waals surface area contributed by atoms with Crippen LogP contribution in [-0.2, 0) is 0 Å². The average Bonchev–Trinajstić information content (AvgIpc) is 2.06. The van der Waals surface area contributed by atoms with Crippen molar-refractivity contribution in [3.63, 3.8) is 0 Å². The van der Waals surface area contributed by atoms with Gasteiger partial charge in [-0.25, -0.2) is 0 Å². The van der Waals surface area contributed by atoms with Gasteiger partial charge in [-0.1, -0.05) is 11.6 Å². The fourth-order valence-corrected chi connectivity index (χ4v) is 1.28. The predicted molar refractivity (Wildman–Crippen MR) is 55.9 cm³/mol. The zero-order valence-electron chi connectivity index (χ0n) is 6.56. The highest BCUT2D eigenvalue weighted by atomic mass is 35.5. The van der Waals surface area contributed by atoms with Crippen molar-refractivity contribution in [3.8, 4) is 0 Å². The molecule has 0 fully saturated rings. The molecule has 2 nitrogen and oxygen atoms in total. The summed E-state index contributed by atoms with van der Waals surface area (Å²) in [5.41, 5.74) is 1.07. The molecule has 0 bridgehead atoms. The minimum absolute atomic E-state index is 0.396. The molecule has 1 rings (SSSR count). The van der Waals surface area contributed by atoms with Gasteiger partial charge in [0.2, 0.25) is 0 Å². The van der Waals surface area contributed by atoms with Crippen molar-refractivity contribution in [1.29, 1.82) is 5.41 Å². The van der Waals surface area contributed by atoms with E-state index in [-0.39, 0.29) is 0 Å². The molecule has 1 aliphatic rings. The van der Waals surface area contributed by atoms with Crippen LogP contribution in [0.5, 0.6) is 0 Å². The number of nitrogens with one attached hydrogen (secondary N) is 2. The normalized spacial score (nSPS) is 20.6. The van der Waals surface area contributed by atoms with Gasteiger partial charge < -0.3 is 10.7 Å². The van der Waals surface area contributed by atoms with E-state index in [1.54, 1.807) is 25.4 Å². The van der Waals surface area contributed by atoms with Crippen LogP contribution in [0.1, 0.15) is 0 Å². The first-order valence-electron chi connectivity index (χ1n) is 3.40. The first-order chi connectivity index (χ1) is 5.66. The van der Waals surface area contributed by atoms with Crippen LogP contribution < -0.4 is 5.32 Å². The minimum atomic E-state index is 0.396. The molecule has 0 saturated heterocycles. The van der Waals surface area contributed by atoms with E-state index in [0.717, 1.165) is 0 Å². The van der Waals surface area contributed by atoms with E-state index in [9.17, 15) is 0 Å². The molecule has 64 valence electrons. The van der Waals surface area contributed by atoms with Crippen LogP contribution in [0.2, 0.25) is 0 Å². The van der Waals surface area contributed by atoms with Gasteiger partial charge in [-0.3, -0.25) is 0 Å². The van der Waals surface area contributed by atoms with Gasteiger partial charge in [0.25, 0.3) is 0 Å². The van der Waals surface area contributed by atoms with Crippen LogP contribution in [-0.4, -0.2) is 12.8 Å². The smallest absolute Gasteiger partial charge is 0.0647 e. The number of hydrogen-bond donors (Lipinski definition) is 3. The second kappa shape index (κ2) is 3.83. The van der Waals surface area contributed by atoms with E-state index in [0.29, 0.717) is 21.2 Å². The van der Waals surface area contributed by atoms with Crippen molar-refractivity contribution in [1.82, 2.24) is 5.32 Å². The first-order valence-corrected chi connectivity index (χ1v) is 4.23. The molecule has 0 unspecified atom stereocenters. The Balaban J connectivity index is 3.09. The Morgan fingerprint density at radius 3 is 2.83 bits per heavy atom. The summed E-state index contributed by atoms with van der Waals surface area (Å²) >= 11 is 10.1. The Kier molecular flexibility index (Phi) is 3.00. The van der Waals surface area contributed by atoms with Crippen molar-refractivity contribution >= 4 is 29.9 Å². The third kappa shape index (κ3) is 1.73. The van der Waals surface area contributed by atoms with Crippen LogP contribution in [0, 0.1) is 5.41 Å². The number of rotatable bonds is 1. The quantitative estimate of drug-likeness (QED) is 0.557. The third-order valence-electron chi connectivity index (χ3n) is 1.45. The Labute approximate surface area is 81.9 Å². The van der Waals surface area contributed by atoms with Gasteiger partial charge in [-0.2, -0.15) is 0 Å². The molecule has 2 N–H and O–H groups in total. The molecule has 0 atom stereocenters. The van der Waals surface area contributed by atoms with Crippen molar-refractivity contribution in [2.24, 2.45) is 0 Å². The molecular formula is C8H9ClN2S. The number of hydrogen-bond acceptors (Lipinski definition) is 3. The van der Waals surface area contributed by atoms with Crippen LogP contribution in [0.3, 0.4) is 0 Å². The maximum atomic E-state index is 7.52. The van der Waals surface area contributed by atoms with E-state index < -0.39 is 0 Å². The van der Waals surface area contributed by atoms with Gasteiger partial charge in [-0.15, -0.1) is 12.6 Å². The van der Waals surface area contributed by atoms with Crippen molar-refractivity contribution < 1.29 is 0 Å². The molecule has 1 aliphatic carbocycles. The topological polar surface area (TPSA) is 35.9 Å². The lowest BCUT2D eigenvalue weighted by Gasteiger charge is -2.11. The largest absolute Gasteiger partial charge is 0.393 e. The van der Waals surface area contributed by atoms with Gasteiger partial charge in [0, 0.05) is 23.7 Å². The molecule has 0 amide bonds. The predicted octanol–water partition coefficient (Wildman–Crippen LogP) is 2.06. The van der Waals surface area contributed by atoms with E-state index in [1.165, 1.54) is 0 Å². The number of thiol groups is 1. The van der Waals surface area contributed by atoms with E-state index in [4.69, 9.17) is 17.0 Å². The Morgan fingerprint density at radius 2 is 2.25 bits per heavy atom. The summed E-state index contributed by atoms with van der Waals surface area (Å²) in [6, 6.07) is 0. The lowest BCUT2D eigenvalue weighted by Crippen LogP contribution is -2.07. The molecule has 0 aliphatic heterocycles. The Hall–Kier alpha value is -0.670. The molecular weight excluding hydrogens is 192 g/mol. The standard InChI is InChI=1S/C8H9ClN2S/c1-11-4-5-6(10)2-3-7(12)8(5)9/h2-4,10-12H,1H3/b5-4+,10-6?. The van der Waals surface area contributed by atoms with Crippen molar-refractivity contribution in [2.45, 2.75) is 0 Å². The molecule has 4 heteroatoms. The van der Waals surface area contributed by atoms with Crippen molar-refractivity contribution in [2.75, 3.05) is 7.05 Å². The minimum Gasteiger partial charge on any atom is -0.393 e. The summed E-state index contributed by atoms with van der Waals surface area (Å²) < 4.78 is 0. The van der Waals surface area contributed by atoms with Crippen LogP contribution >= 0.6 is 24.2 Å². The van der Waals surface area contributed by atoms with Crippen LogP contribution in [0.4, 0.5) is 0 Å². The summed E-state index contributed by atoms with van der Waals surface area (Å²) in [5.74, 6) is 0. The fourth-order valence-electron chi connectivity index (χ4n) is 0.867. The van der Waals surface area contributed by atoms with Crippen LogP contribution in [0.15, 0.2) is 33.9 Å². The lowest BCUT2D eigenvalue weighted by molar-refractivity contribution is 1.09. The molecule has 0 heterocycles. The summed E-state index contributed by atoms with van der Waals surface area (Å²) in [6.07, 6.45) is 5.06. The molecule has 0 aromatic heterocycles. The maximum Gasteiger partial charge on any atom is 0.0647 e. The van der Waals surface area contributed by atoms with Gasteiger partial charge in [0.1, 0.15) is 0 Å². The van der Waals surface area contributed by atoms with Gasteiger partial charge in [-0.05, 0) is 12.2 Å². The zero-order chi connectivity index (χ0) is 9.14. The monoisotopic (exact) mass is 200 g/mol. The lowest BCUT2D eigenvalue weighted by atomic mass is 10.1. The number of halogens is 1. The fraction of sp³-hybridized carbons (Fsp3) is 0.125. The highest BCUT2D eigenvalue weighted by molar-refractivity contribution is 7.84. The summed E-state index contributed by atoms with van der Waals surface area (Å²) in [4.78, 5) is 0.689. The average molecular weight is 201 g/mol.